The fourth-order valence-electron chi connectivity index (χ4n) is 4.37. The first kappa shape index (κ1) is 20.5. The molecular formula is C20H40N4O. The Morgan fingerprint density at radius 1 is 1.16 bits per heavy atom. The van der Waals surface area contributed by atoms with Crippen LogP contribution in [0.15, 0.2) is 4.99 Å². The number of likely N-dealkylation sites (tertiary alicyclic amines) is 2. The molecule has 0 bridgehead atoms. The van der Waals surface area contributed by atoms with Gasteiger partial charge in [-0.05, 0) is 51.9 Å². The fourth-order valence-corrected chi connectivity index (χ4v) is 4.37. The van der Waals surface area contributed by atoms with Crippen LogP contribution in [0.4, 0.5) is 0 Å². The van der Waals surface area contributed by atoms with Crippen molar-refractivity contribution in [2.45, 2.75) is 65.5 Å². The van der Waals surface area contributed by atoms with E-state index in [9.17, 15) is 0 Å². The SMILES string of the molecule is CCOC1CCN(C(=NC)NCC(C)(C)N2CC(C)CC(C)C2)CC1. The maximum atomic E-state index is 5.76. The van der Waals surface area contributed by atoms with Crippen molar-refractivity contribution < 1.29 is 4.74 Å². The topological polar surface area (TPSA) is 40.1 Å². The summed E-state index contributed by atoms with van der Waals surface area (Å²) in [4.78, 5) is 9.58. The molecule has 1 N–H and O–H groups in total. The molecule has 0 aromatic heterocycles. The Hall–Kier alpha value is -0.810. The van der Waals surface area contributed by atoms with Crippen molar-refractivity contribution in [3.8, 4) is 0 Å². The quantitative estimate of drug-likeness (QED) is 0.610. The van der Waals surface area contributed by atoms with Gasteiger partial charge >= 0.3 is 0 Å². The van der Waals surface area contributed by atoms with Crippen LogP contribution in [0.3, 0.4) is 0 Å². The number of nitrogens with one attached hydrogen (secondary N) is 1. The third kappa shape index (κ3) is 5.85. The fraction of sp³-hybridized carbons (Fsp3) is 0.950. The molecule has 0 saturated carbocycles. The van der Waals surface area contributed by atoms with E-state index in [1.54, 1.807) is 0 Å². The summed E-state index contributed by atoms with van der Waals surface area (Å²) in [6.07, 6.45) is 3.97. The first-order valence-corrected chi connectivity index (χ1v) is 10.2. The predicted octanol–water partition coefficient (Wildman–Crippen LogP) is 2.82. The van der Waals surface area contributed by atoms with E-state index in [4.69, 9.17) is 4.74 Å². The molecule has 0 aromatic rings. The Morgan fingerprint density at radius 3 is 2.28 bits per heavy atom. The molecule has 2 aliphatic rings. The lowest BCUT2D eigenvalue weighted by Gasteiger charge is -2.45. The van der Waals surface area contributed by atoms with Crippen molar-refractivity contribution in [1.82, 2.24) is 15.1 Å². The van der Waals surface area contributed by atoms with E-state index >= 15 is 0 Å². The zero-order chi connectivity index (χ0) is 18.4. The molecule has 2 fully saturated rings. The molecule has 2 heterocycles. The Kier molecular flexibility index (Phi) is 7.56. The van der Waals surface area contributed by atoms with E-state index in [0.717, 1.165) is 56.9 Å². The Bertz CT molecular complexity index is 419. The maximum absolute atomic E-state index is 5.76. The minimum absolute atomic E-state index is 0.141. The Morgan fingerprint density at radius 2 is 1.76 bits per heavy atom. The molecule has 5 nitrogen and oxygen atoms in total. The standard InChI is InChI=1S/C20H40N4O/c1-7-25-18-8-10-23(11-9-18)19(21-6)22-15-20(4,5)24-13-16(2)12-17(3)14-24/h16-18H,7-15H2,1-6H3,(H,21,22). The average Bonchev–Trinajstić information content (AvgIpc) is 2.56. The monoisotopic (exact) mass is 352 g/mol. The van der Waals surface area contributed by atoms with Gasteiger partial charge in [0.25, 0.3) is 0 Å². The number of hydrogen-bond acceptors (Lipinski definition) is 3. The molecular weight excluding hydrogens is 312 g/mol. The summed E-state index contributed by atoms with van der Waals surface area (Å²) in [7, 11) is 1.90. The molecule has 25 heavy (non-hydrogen) atoms. The number of piperidine rings is 2. The molecule has 5 heteroatoms. The highest BCUT2D eigenvalue weighted by Gasteiger charge is 2.33. The summed E-state index contributed by atoms with van der Waals surface area (Å²) in [5, 5.41) is 3.65. The van der Waals surface area contributed by atoms with Gasteiger partial charge in [0.15, 0.2) is 5.96 Å². The van der Waals surface area contributed by atoms with Crippen LogP contribution in [0.2, 0.25) is 0 Å². The van der Waals surface area contributed by atoms with Crippen LogP contribution in [0.1, 0.15) is 53.9 Å². The van der Waals surface area contributed by atoms with Gasteiger partial charge in [-0.25, -0.2) is 0 Å². The van der Waals surface area contributed by atoms with Gasteiger partial charge in [0.2, 0.25) is 0 Å². The molecule has 0 amide bonds. The van der Waals surface area contributed by atoms with Gasteiger partial charge in [0.05, 0.1) is 6.10 Å². The molecule has 2 unspecified atom stereocenters. The maximum Gasteiger partial charge on any atom is 0.193 e. The minimum atomic E-state index is 0.141. The van der Waals surface area contributed by atoms with Gasteiger partial charge in [0, 0.05) is 51.9 Å². The molecule has 2 rings (SSSR count). The van der Waals surface area contributed by atoms with Gasteiger partial charge in [-0.2, -0.15) is 0 Å². The largest absolute Gasteiger partial charge is 0.378 e. The molecule has 0 aromatic carbocycles. The second-order valence-corrected chi connectivity index (χ2v) is 8.71. The number of nitrogens with zero attached hydrogens (tertiary/aromatic N) is 3. The van der Waals surface area contributed by atoms with Crippen molar-refractivity contribution in [3.05, 3.63) is 0 Å². The van der Waals surface area contributed by atoms with Crippen molar-refractivity contribution in [2.75, 3.05) is 46.4 Å². The lowest BCUT2D eigenvalue weighted by Crippen LogP contribution is -2.58. The summed E-state index contributed by atoms with van der Waals surface area (Å²) in [6, 6.07) is 0. The van der Waals surface area contributed by atoms with Gasteiger partial charge < -0.3 is 15.0 Å². The number of guanidine groups is 1. The first-order valence-electron chi connectivity index (χ1n) is 10.2. The van der Waals surface area contributed by atoms with Gasteiger partial charge in [-0.15, -0.1) is 0 Å². The summed E-state index contributed by atoms with van der Waals surface area (Å²) >= 11 is 0. The Balaban J connectivity index is 1.85. The van der Waals surface area contributed by atoms with E-state index in [-0.39, 0.29) is 5.54 Å². The third-order valence-corrected chi connectivity index (χ3v) is 5.76. The van der Waals surface area contributed by atoms with Crippen molar-refractivity contribution in [3.63, 3.8) is 0 Å². The highest BCUT2D eigenvalue weighted by Crippen LogP contribution is 2.27. The zero-order valence-electron chi connectivity index (χ0n) is 17.3. The first-order chi connectivity index (χ1) is 11.9. The molecule has 0 radical (unpaired) electrons. The van der Waals surface area contributed by atoms with E-state index in [1.165, 1.54) is 19.5 Å². The highest BCUT2D eigenvalue weighted by molar-refractivity contribution is 5.80. The number of hydrogen-bond donors (Lipinski definition) is 1. The number of aliphatic imine (C=N–C) groups is 1. The molecule has 146 valence electrons. The molecule has 2 saturated heterocycles. The van der Waals surface area contributed by atoms with Crippen molar-refractivity contribution in [1.29, 1.82) is 0 Å². The highest BCUT2D eigenvalue weighted by atomic mass is 16.5. The van der Waals surface area contributed by atoms with E-state index in [0.29, 0.717) is 6.10 Å². The second-order valence-electron chi connectivity index (χ2n) is 8.71. The number of rotatable bonds is 5. The summed E-state index contributed by atoms with van der Waals surface area (Å²) in [6.45, 7) is 17.8. The van der Waals surface area contributed by atoms with Gasteiger partial charge in [-0.1, -0.05) is 13.8 Å². The van der Waals surface area contributed by atoms with Gasteiger partial charge in [0.1, 0.15) is 0 Å². The molecule has 2 atom stereocenters. The zero-order valence-corrected chi connectivity index (χ0v) is 17.3. The molecule has 2 aliphatic heterocycles. The van der Waals surface area contributed by atoms with Crippen molar-refractivity contribution >= 4 is 5.96 Å². The van der Waals surface area contributed by atoms with Crippen LogP contribution in [-0.2, 0) is 4.74 Å². The lowest BCUT2D eigenvalue weighted by molar-refractivity contribution is 0.0256. The van der Waals surface area contributed by atoms with Crippen LogP contribution < -0.4 is 5.32 Å². The molecule has 0 spiro atoms. The lowest BCUT2D eigenvalue weighted by atomic mass is 9.88. The minimum Gasteiger partial charge on any atom is -0.378 e. The average molecular weight is 353 g/mol. The third-order valence-electron chi connectivity index (χ3n) is 5.76. The van der Waals surface area contributed by atoms with E-state index in [2.05, 4.69) is 54.7 Å². The summed E-state index contributed by atoms with van der Waals surface area (Å²) in [5.74, 6) is 2.63. The van der Waals surface area contributed by atoms with Gasteiger partial charge in [-0.3, -0.25) is 9.89 Å². The van der Waals surface area contributed by atoms with E-state index in [1.807, 2.05) is 7.05 Å². The van der Waals surface area contributed by atoms with Crippen LogP contribution in [-0.4, -0.2) is 73.8 Å². The van der Waals surface area contributed by atoms with E-state index < -0.39 is 0 Å². The Labute approximate surface area is 155 Å². The summed E-state index contributed by atoms with van der Waals surface area (Å²) in [5.41, 5.74) is 0.141. The van der Waals surface area contributed by atoms with Crippen LogP contribution in [0, 0.1) is 11.8 Å². The molecule has 0 aliphatic carbocycles. The number of ether oxygens (including phenoxy) is 1. The van der Waals surface area contributed by atoms with Crippen LogP contribution in [0.5, 0.6) is 0 Å². The van der Waals surface area contributed by atoms with Crippen LogP contribution >= 0.6 is 0 Å². The summed E-state index contributed by atoms with van der Waals surface area (Å²) < 4.78 is 5.76. The van der Waals surface area contributed by atoms with Crippen LogP contribution in [0.25, 0.3) is 0 Å². The van der Waals surface area contributed by atoms with Crippen molar-refractivity contribution in [2.24, 2.45) is 16.8 Å². The smallest absolute Gasteiger partial charge is 0.193 e. The second kappa shape index (κ2) is 9.22. The predicted molar refractivity (Wildman–Crippen MR) is 106 cm³/mol. The normalized spacial score (nSPS) is 27.6.